The number of hydrogen-bond acceptors (Lipinski definition) is 4. The molecule has 1 atom stereocenters. The third-order valence-corrected chi connectivity index (χ3v) is 6.79. The van der Waals surface area contributed by atoms with Gasteiger partial charge in [0, 0.05) is 13.1 Å². The Morgan fingerprint density at radius 2 is 1.70 bits per heavy atom. The van der Waals surface area contributed by atoms with Crippen molar-refractivity contribution in [3.8, 4) is 0 Å². The van der Waals surface area contributed by atoms with E-state index in [-0.39, 0.29) is 19.0 Å². The maximum absolute atomic E-state index is 13.4. The molecule has 2 aromatic rings. The molecule has 2 aromatic carbocycles. The molecule has 0 radical (unpaired) electrons. The number of carbonyl (C=O) groups is 2. The lowest BCUT2D eigenvalue weighted by Gasteiger charge is -2.31. The Morgan fingerprint density at radius 3 is 2.27 bits per heavy atom. The lowest BCUT2D eigenvalue weighted by atomic mass is 10.1. The minimum Gasteiger partial charge on any atom is -0.354 e. The average molecular weight is 474 g/mol. The minimum atomic E-state index is -3.73. The number of unbranched alkanes of at least 4 members (excludes halogenated alkanes) is 1. The van der Waals surface area contributed by atoms with Crippen LogP contribution in [0.5, 0.6) is 0 Å². The van der Waals surface area contributed by atoms with Crippen LogP contribution >= 0.6 is 0 Å². The summed E-state index contributed by atoms with van der Waals surface area (Å²) in [4.78, 5) is 27.6. The van der Waals surface area contributed by atoms with E-state index < -0.39 is 22.0 Å². The van der Waals surface area contributed by atoms with Crippen molar-refractivity contribution in [2.45, 2.75) is 53.1 Å². The summed E-state index contributed by atoms with van der Waals surface area (Å²) in [5.74, 6) is -0.703. The highest BCUT2D eigenvalue weighted by Gasteiger charge is 2.30. The lowest BCUT2D eigenvalue weighted by Crippen LogP contribution is -2.51. The number of nitrogens with zero attached hydrogens (tertiary/aromatic N) is 2. The maximum atomic E-state index is 13.4. The third kappa shape index (κ3) is 7.60. The van der Waals surface area contributed by atoms with E-state index in [0.717, 1.165) is 40.1 Å². The molecule has 0 heterocycles. The predicted molar refractivity (Wildman–Crippen MR) is 132 cm³/mol. The first-order chi connectivity index (χ1) is 15.5. The molecular formula is C25H35N3O4S. The Balaban J connectivity index is 2.34. The van der Waals surface area contributed by atoms with Gasteiger partial charge in [-0.2, -0.15) is 0 Å². The van der Waals surface area contributed by atoms with Gasteiger partial charge in [-0.3, -0.25) is 13.9 Å². The molecule has 0 fully saturated rings. The summed E-state index contributed by atoms with van der Waals surface area (Å²) in [6.45, 7) is 7.88. The zero-order valence-corrected chi connectivity index (χ0v) is 21.0. The van der Waals surface area contributed by atoms with E-state index in [4.69, 9.17) is 0 Å². The molecule has 0 saturated carbocycles. The average Bonchev–Trinajstić information content (AvgIpc) is 2.77. The van der Waals surface area contributed by atoms with Gasteiger partial charge in [-0.05, 0) is 56.0 Å². The Morgan fingerprint density at radius 1 is 1.03 bits per heavy atom. The minimum absolute atomic E-state index is 0.201. The summed E-state index contributed by atoms with van der Waals surface area (Å²) in [6.07, 6.45) is 2.87. The van der Waals surface area contributed by atoms with Gasteiger partial charge >= 0.3 is 0 Å². The van der Waals surface area contributed by atoms with Crippen LogP contribution in [0.25, 0.3) is 0 Å². The fourth-order valence-electron chi connectivity index (χ4n) is 3.39. The number of carbonyl (C=O) groups excluding carboxylic acids is 2. The highest BCUT2D eigenvalue weighted by molar-refractivity contribution is 7.92. The van der Waals surface area contributed by atoms with Crippen molar-refractivity contribution in [3.63, 3.8) is 0 Å². The van der Waals surface area contributed by atoms with E-state index in [0.29, 0.717) is 12.2 Å². The summed E-state index contributed by atoms with van der Waals surface area (Å²) >= 11 is 0. The molecule has 2 rings (SSSR count). The molecule has 8 heteroatoms. The van der Waals surface area contributed by atoms with Crippen LogP contribution in [0, 0.1) is 13.8 Å². The van der Waals surface area contributed by atoms with E-state index in [9.17, 15) is 18.0 Å². The molecule has 0 aromatic heterocycles. The van der Waals surface area contributed by atoms with E-state index in [1.54, 1.807) is 19.1 Å². The van der Waals surface area contributed by atoms with Gasteiger partial charge in [0.1, 0.15) is 12.6 Å². The summed E-state index contributed by atoms with van der Waals surface area (Å²) in [7, 11) is -3.73. The Hall–Kier alpha value is -2.87. The topological polar surface area (TPSA) is 86.8 Å². The second-order valence-electron chi connectivity index (χ2n) is 8.37. The smallest absolute Gasteiger partial charge is 0.244 e. The number of nitrogens with one attached hydrogen (secondary N) is 1. The number of hydrogen-bond donors (Lipinski definition) is 1. The Labute approximate surface area is 197 Å². The van der Waals surface area contributed by atoms with Crippen molar-refractivity contribution in [1.29, 1.82) is 0 Å². The van der Waals surface area contributed by atoms with Crippen molar-refractivity contribution < 1.29 is 18.0 Å². The van der Waals surface area contributed by atoms with Crippen LogP contribution in [0.15, 0.2) is 48.5 Å². The van der Waals surface area contributed by atoms with Crippen molar-refractivity contribution in [2.24, 2.45) is 0 Å². The van der Waals surface area contributed by atoms with Gasteiger partial charge < -0.3 is 10.2 Å². The first kappa shape index (κ1) is 26.4. The van der Waals surface area contributed by atoms with Crippen LogP contribution in [-0.2, 0) is 26.2 Å². The first-order valence-corrected chi connectivity index (χ1v) is 13.1. The van der Waals surface area contributed by atoms with Crippen LogP contribution in [0.2, 0.25) is 0 Å². The quantitative estimate of drug-likeness (QED) is 0.507. The molecule has 0 aliphatic heterocycles. The lowest BCUT2D eigenvalue weighted by molar-refractivity contribution is -0.139. The van der Waals surface area contributed by atoms with Gasteiger partial charge in [0.05, 0.1) is 11.9 Å². The number of aryl methyl sites for hydroxylation is 2. The van der Waals surface area contributed by atoms with Crippen LogP contribution < -0.4 is 9.62 Å². The van der Waals surface area contributed by atoms with Crippen LogP contribution in [0.1, 0.15) is 43.4 Å². The summed E-state index contributed by atoms with van der Waals surface area (Å²) in [5.41, 5.74) is 3.24. The molecule has 0 saturated heterocycles. The third-order valence-electron chi connectivity index (χ3n) is 5.65. The molecular weight excluding hydrogens is 438 g/mol. The van der Waals surface area contributed by atoms with E-state index in [1.165, 1.54) is 4.90 Å². The van der Waals surface area contributed by atoms with Crippen LogP contribution in [0.4, 0.5) is 5.69 Å². The predicted octanol–water partition coefficient (Wildman–Crippen LogP) is 3.40. The standard InChI is InChI=1S/C25H35N3O4S/c1-6-7-15-26-25(30)21(4)27(17-22-11-9-8-10-12-22)24(29)18-28(33(5,31)32)23-14-13-19(2)20(3)16-23/h8-14,16,21H,6-7,15,17-18H2,1-5H3,(H,26,30). The number of benzene rings is 2. The second kappa shape index (κ2) is 11.8. The molecule has 0 spiro atoms. The molecule has 2 amide bonds. The van der Waals surface area contributed by atoms with Gasteiger partial charge in [-0.1, -0.05) is 49.7 Å². The maximum Gasteiger partial charge on any atom is 0.244 e. The van der Waals surface area contributed by atoms with Gasteiger partial charge in [-0.15, -0.1) is 0 Å². The monoisotopic (exact) mass is 473 g/mol. The molecule has 33 heavy (non-hydrogen) atoms. The SMILES string of the molecule is CCCCNC(=O)C(C)N(Cc1ccccc1)C(=O)CN(c1ccc(C)c(C)c1)S(C)(=O)=O. The highest BCUT2D eigenvalue weighted by atomic mass is 32.2. The van der Waals surface area contributed by atoms with Crippen molar-refractivity contribution >= 4 is 27.5 Å². The van der Waals surface area contributed by atoms with Crippen molar-refractivity contribution in [3.05, 3.63) is 65.2 Å². The molecule has 1 unspecified atom stereocenters. The number of sulfonamides is 1. The van der Waals surface area contributed by atoms with Crippen molar-refractivity contribution in [2.75, 3.05) is 23.7 Å². The fourth-order valence-corrected chi connectivity index (χ4v) is 4.23. The van der Waals surface area contributed by atoms with Crippen LogP contribution in [-0.4, -0.2) is 50.5 Å². The van der Waals surface area contributed by atoms with Crippen molar-refractivity contribution in [1.82, 2.24) is 10.2 Å². The van der Waals surface area contributed by atoms with Crippen LogP contribution in [0.3, 0.4) is 0 Å². The highest BCUT2D eigenvalue weighted by Crippen LogP contribution is 2.22. The van der Waals surface area contributed by atoms with Gasteiger partial charge in [0.25, 0.3) is 0 Å². The number of rotatable bonds is 11. The Bertz CT molecular complexity index is 1050. The number of anilines is 1. The number of amides is 2. The Kier molecular flexibility index (Phi) is 9.46. The molecule has 0 bridgehead atoms. The van der Waals surface area contributed by atoms with E-state index in [2.05, 4.69) is 5.32 Å². The zero-order chi connectivity index (χ0) is 24.6. The fraction of sp³-hybridized carbons (Fsp3) is 0.440. The largest absolute Gasteiger partial charge is 0.354 e. The molecule has 180 valence electrons. The second-order valence-corrected chi connectivity index (χ2v) is 10.3. The zero-order valence-electron chi connectivity index (χ0n) is 20.2. The summed E-state index contributed by atoms with van der Waals surface area (Å²) < 4.78 is 26.3. The van der Waals surface area contributed by atoms with Gasteiger partial charge in [0.2, 0.25) is 21.8 Å². The van der Waals surface area contributed by atoms with E-state index in [1.807, 2.05) is 57.2 Å². The van der Waals surface area contributed by atoms with Gasteiger partial charge in [0.15, 0.2) is 0 Å². The summed E-state index contributed by atoms with van der Waals surface area (Å²) in [5, 5.41) is 2.87. The van der Waals surface area contributed by atoms with E-state index >= 15 is 0 Å². The molecule has 0 aliphatic carbocycles. The first-order valence-electron chi connectivity index (χ1n) is 11.2. The molecule has 7 nitrogen and oxygen atoms in total. The van der Waals surface area contributed by atoms with Gasteiger partial charge in [-0.25, -0.2) is 8.42 Å². The molecule has 1 N–H and O–H groups in total. The summed E-state index contributed by atoms with van der Waals surface area (Å²) in [6, 6.07) is 13.9. The normalized spacial score (nSPS) is 12.2. The molecule has 0 aliphatic rings.